The van der Waals surface area contributed by atoms with Gasteiger partial charge in [0.05, 0.1) is 29.3 Å². The van der Waals surface area contributed by atoms with Crippen molar-refractivity contribution in [1.82, 2.24) is 0 Å². The number of aryl methyl sites for hydroxylation is 1. The molecular weight excluding hydrogens is 408 g/mol. The molecule has 0 radical (unpaired) electrons. The van der Waals surface area contributed by atoms with Gasteiger partial charge in [-0.05, 0) is 48.2 Å². The summed E-state index contributed by atoms with van der Waals surface area (Å²) in [5.41, 5.74) is 3.32. The molecule has 1 saturated heterocycles. The fourth-order valence-corrected chi connectivity index (χ4v) is 5.39. The van der Waals surface area contributed by atoms with Crippen molar-refractivity contribution >= 4 is 11.8 Å². The van der Waals surface area contributed by atoms with Gasteiger partial charge in [-0.25, -0.2) is 0 Å². The van der Waals surface area contributed by atoms with Crippen LogP contribution in [0.25, 0.3) is 0 Å². The van der Waals surface area contributed by atoms with Crippen LogP contribution in [0.4, 0.5) is 0 Å². The molecular formula is C22H26O7S. The molecule has 4 rings (SSSR count). The van der Waals surface area contributed by atoms with Crippen molar-refractivity contribution in [2.24, 2.45) is 0 Å². The van der Waals surface area contributed by atoms with E-state index in [0.29, 0.717) is 30.9 Å². The van der Waals surface area contributed by atoms with Crippen LogP contribution in [-0.2, 0) is 6.42 Å². The Labute approximate surface area is 178 Å². The molecule has 0 aliphatic carbocycles. The standard InChI is InChI=1S/C22H26O7S/c1-11-6-15(24)14(22-21(27)20(26)19(25)18(10-23)30-22)9-13(11)7-12-2-3-16-17(8-12)29-5-4-28-16/h2-3,6,8-9,18-27H,4-5,7,10H2,1H3/t18-,19-,20+,21-,22+/m1/s1. The van der Waals surface area contributed by atoms with E-state index in [1.165, 1.54) is 0 Å². The second kappa shape index (κ2) is 8.64. The van der Waals surface area contributed by atoms with Gasteiger partial charge in [0.2, 0.25) is 0 Å². The third-order valence-corrected chi connectivity index (χ3v) is 7.29. The summed E-state index contributed by atoms with van der Waals surface area (Å²) in [5, 5.41) is 49.5. The molecule has 0 bridgehead atoms. The second-order valence-corrected chi connectivity index (χ2v) is 9.13. The molecule has 7 nitrogen and oxygen atoms in total. The molecule has 0 saturated carbocycles. The predicted molar refractivity (Wildman–Crippen MR) is 112 cm³/mol. The van der Waals surface area contributed by atoms with Crippen LogP contribution in [0, 0.1) is 6.92 Å². The molecule has 2 aromatic rings. The highest BCUT2D eigenvalue weighted by atomic mass is 32.2. The van der Waals surface area contributed by atoms with Crippen molar-refractivity contribution in [3.05, 3.63) is 52.6 Å². The Bertz CT molecular complexity index is 917. The van der Waals surface area contributed by atoms with Gasteiger partial charge >= 0.3 is 0 Å². The predicted octanol–water partition coefficient (Wildman–Crippen LogP) is 1.29. The van der Waals surface area contributed by atoms with Crippen molar-refractivity contribution in [3.8, 4) is 17.2 Å². The Kier molecular flexibility index (Phi) is 6.13. The first kappa shape index (κ1) is 21.3. The molecule has 1 fully saturated rings. The molecule has 5 atom stereocenters. The lowest BCUT2D eigenvalue weighted by Crippen LogP contribution is -2.51. The minimum atomic E-state index is -1.41. The van der Waals surface area contributed by atoms with Crippen molar-refractivity contribution in [2.45, 2.75) is 42.2 Å². The smallest absolute Gasteiger partial charge is 0.161 e. The quantitative estimate of drug-likeness (QED) is 0.489. The van der Waals surface area contributed by atoms with Gasteiger partial charge in [-0.15, -0.1) is 11.8 Å². The number of aromatic hydroxyl groups is 1. The lowest BCUT2D eigenvalue weighted by atomic mass is 9.92. The van der Waals surface area contributed by atoms with E-state index in [4.69, 9.17) is 9.47 Å². The second-order valence-electron chi connectivity index (χ2n) is 7.74. The van der Waals surface area contributed by atoms with Crippen LogP contribution in [0.5, 0.6) is 17.2 Å². The monoisotopic (exact) mass is 434 g/mol. The third kappa shape index (κ3) is 3.98. The van der Waals surface area contributed by atoms with Gasteiger partial charge < -0.3 is 35.0 Å². The van der Waals surface area contributed by atoms with E-state index in [-0.39, 0.29) is 12.4 Å². The molecule has 2 aliphatic heterocycles. The number of hydrogen-bond acceptors (Lipinski definition) is 8. The van der Waals surface area contributed by atoms with E-state index in [2.05, 4.69) is 0 Å². The summed E-state index contributed by atoms with van der Waals surface area (Å²) >= 11 is 1.15. The summed E-state index contributed by atoms with van der Waals surface area (Å²) in [6.45, 7) is 2.60. The number of fused-ring (bicyclic) bond motifs is 1. The minimum absolute atomic E-state index is 0.00949. The SMILES string of the molecule is Cc1cc(O)c([C@@H]2S[C@H](CO)[C@@H](O)[C@H](O)[C@H]2O)cc1Cc1ccc2c(c1)OCCO2. The summed E-state index contributed by atoms with van der Waals surface area (Å²) < 4.78 is 11.2. The molecule has 0 unspecified atom stereocenters. The Morgan fingerprint density at radius 3 is 2.43 bits per heavy atom. The van der Waals surface area contributed by atoms with Crippen molar-refractivity contribution in [1.29, 1.82) is 0 Å². The summed E-state index contributed by atoms with van der Waals surface area (Å²) in [7, 11) is 0. The van der Waals surface area contributed by atoms with Gasteiger partial charge in [0.25, 0.3) is 0 Å². The van der Waals surface area contributed by atoms with Crippen molar-refractivity contribution in [2.75, 3.05) is 19.8 Å². The molecule has 30 heavy (non-hydrogen) atoms. The number of aliphatic hydroxyl groups excluding tert-OH is 4. The molecule has 2 aromatic carbocycles. The van der Waals surface area contributed by atoms with E-state index in [0.717, 1.165) is 34.2 Å². The van der Waals surface area contributed by atoms with E-state index < -0.39 is 28.8 Å². The molecule has 0 aromatic heterocycles. The average molecular weight is 435 g/mol. The normalized spacial score (nSPS) is 28.4. The summed E-state index contributed by atoms with van der Waals surface area (Å²) in [6, 6.07) is 9.24. The first-order valence-electron chi connectivity index (χ1n) is 9.90. The van der Waals surface area contributed by atoms with Gasteiger partial charge in [-0.1, -0.05) is 12.1 Å². The van der Waals surface area contributed by atoms with Crippen molar-refractivity contribution in [3.63, 3.8) is 0 Å². The lowest BCUT2D eigenvalue weighted by molar-refractivity contribution is -0.0701. The first-order chi connectivity index (χ1) is 14.4. The summed E-state index contributed by atoms with van der Waals surface area (Å²) in [4.78, 5) is 0. The number of ether oxygens (including phenoxy) is 2. The Morgan fingerprint density at radius 2 is 1.70 bits per heavy atom. The maximum atomic E-state index is 10.6. The highest BCUT2D eigenvalue weighted by Crippen LogP contribution is 2.46. The van der Waals surface area contributed by atoms with Gasteiger partial charge in [0, 0.05) is 5.56 Å². The fraction of sp³-hybridized carbons (Fsp3) is 0.455. The van der Waals surface area contributed by atoms with Crippen LogP contribution in [-0.4, -0.2) is 68.9 Å². The number of rotatable bonds is 4. The average Bonchev–Trinajstić information content (AvgIpc) is 2.74. The molecule has 5 N–H and O–H groups in total. The van der Waals surface area contributed by atoms with Crippen LogP contribution in [0.2, 0.25) is 0 Å². The zero-order valence-electron chi connectivity index (χ0n) is 16.6. The summed E-state index contributed by atoms with van der Waals surface area (Å²) in [5.74, 6) is 1.43. The largest absolute Gasteiger partial charge is 0.508 e. The lowest BCUT2D eigenvalue weighted by Gasteiger charge is -2.40. The van der Waals surface area contributed by atoms with Crippen LogP contribution in [0.15, 0.2) is 30.3 Å². The summed E-state index contributed by atoms with van der Waals surface area (Å²) in [6.07, 6.45) is -3.34. The van der Waals surface area contributed by atoms with Crippen molar-refractivity contribution < 1.29 is 35.0 Å². The Balaban J connectivity index is 1.64. The number of phenols is 1. The Hall–Kier alpha value is -1.97. The van der Waals surface area contributed by atoms with E-state index in [9.17, 15) is 25.5 Å². The zero-order chi connectivity index (χ0) is 21.4. The van der Waals surface area contributed by atoms with Gasteiger partial charge in [-0.2, -0.15) is 0 Å². The van der Waals surface area contributed by atoms with Crippen LogP contribution in [0.1, 0.15) is 27.5 Å². The molecule has 2 aliphatic rings. The number of aliphatic hydroxyl groups is 4. The molecule has 0 spiro atoms. The number of hydrogen-bond donors (Lipinski definition) is 5. The maximum absolute atomic E-state index is 10.6. The first-order valence-corrected chi connectivity index (χ1v) is 10.8. The van der Waals surface area contributed by atoms with E-state index >= 15 is 0 Å². The van der Waals surface area contributed by atoms with Crippen LogP contribution >= 0.6 is 11.8 Å². The van der Waals surface area contributed by atoms with Gasteiger partial charge in [0.15, 0.2) is 11.5 Å². The van der Waals surface area contributed by atoms with Crippen LogP contribution < -0.4 is 9.47 Å². The zero-order valence-corrected chi connectivity index (χ0v) is 17.4. The third-order valence-electron chi connectivity index (χ3n) is 5.69. The Morgan fingerprint density at radius 1 is 0.967 bits per heavy atom. The minimum Gasteiger partial charge on any atom is -0.508 e. The van der Waals surface area contributed by atoms with Crippen LogP contribution in [0.3, 0.4) is 0 Å². The molecule has 162 valence electrons. The topological polar surface area (TPSA) is 120 Å². The maximum Gasteiger partial charge on any atom is 0.161 e. The number of benzene rings is 2. The highest BCUT2D eigenvalue weighted by molar-refractivity contribution is 8.00. The number of phenolic OH excluding ortho intramolecular Hbond substituents is 1. The molecule has 2 heterocycles. The van der Waals surface area contributed by atoms with Gasteiger partial charge in [0.1, 0.15) is 25.1 Å². The number of thioether (sulfide) groups is 1. The van der Waals surface area contributed by atoms with Gasteiger partial charge in [-0.3, -0.25) is 0 Å². The highest BCUT2D eigenvalue weighted by Gasteiger charge is 2.44. The molecule has 8 heteroatoms. The van der Waals surface area contributed by atoms with E-state index in [1.54, 1.807) is 6.07 Å². The fourth-order valence-electron chi connectivity index (χ4n) is 3.95. The molecule has 0 amide bonds. The van der Waals surface area contributed by atoms with E-state index in [1.807, 2.05) is 31.2 Å².